The van der Waals surface area contributed by atoms with Crippen molar-refractivity contribution in [3.8, 4) is 0 Å². The third-order valence-electron chi connectivity index (χ3n) is 3.53. The monoisotopic (exact) mass is 168 g/mol. The van der Waals surface area contributed by atoms with Crippen molar-refractivity contribution in [2.24, 2.45) is 23.7 Å². The van der Waals surface area contributed by atoms with Gasteiger partial charge in [-0.15, -0.1) is 0 Å². The summed E-state index contributed by atoms with van der Waals surface area (Å²) in [5, 5.41) is 0. The number of fused-ring (bicyclic) bond motifs is 1. The van der Waals surface area contributed by atoms with E-state index in [9.17, 15) is 4.79 Å². The van der Waals surface area contributed by atoms with Gasteiger partial charge in [-0.05, 0) is 42.9 Å². The summed E-state index contributed by atoms with van der Waals surface area (Å²) in [5.74, 6) is 3.39. The predicted molar refractivity (Wildman–Crippen MR) is 45.5 cm³/mol. The molecule has 2 saturated carbocycles. The van der Waals surface area contributed by atoms with Gasteiger partial charge in [-0.3, -0.25) is 4.79 Å². The van der Waals surface area contributed by atoms with Crippen LogP contribution >= 0.6 is 0 Å². The average molecular weight is 168 g/mol. The zero-order chi connectivity index (χ0) is 8.55. The fourth-order valence-corrected chi connectivity index (χ4v) is 2.57. The van der Waals surface area contributed by atoms with Crippen molar-refractivity contribution in [2.45, 2.75) is 26.2 Å². The van der Waals surface area contributed by atoms with Gasteiger partial charge >= 0.3 is 0 Å². The van der Waals surface area contributed by atoms with E-state index < -0.39 is 0 Å². The highest BCUT2D eigenvalue weighted by molar-refractivity contribution is 5.36. The molecule has 2 unspecified atom stereocenters. The topological polar surface area (TPSA) is 26.3 Å². The smallest absolute Gasteiger partial charge is 0.293 e. The molecule has 4 atom stereocenters. The first-order valence-electron chi connectivity index (χ1n) is 4.86. The number of hydrogen-bond donors (Lipinski definition) is 0. The Bertz CT molecular complexity index is 179. The van der Waals surface area contributed by atoms with Gasteiger partial charge in [0.25, 0.3) is 6.47 Å². The van der Waals surface area contributed by atoms with E-state index >= 15 is 0 Å². The van der Waals surface area contributed by atoms with Gasteiger partial charge in [-0.25, -0.2) is 0 Å². The largest absolute Gasteiger partial charge is 0.468 e. The molecule has 0 radical (unpaired) electrons. The Hall–Kier alpha value is -0.530. The van der Waals surface area contributed by atoms with E-state index in [2.05, 4.69) is 6.92 Å². The fourth-order valence-electron chi connectivity index (χ4n) is 2.57. The summed E-state index contributed by atoms with van der Waals surface area (Å²) in [4.78, 5) is 10.0. The highest BCUT2D eigenvalue weighted by Gasteiger charge is 2.45. The zero-order valence-corrected chi connectivity index (χ0v) is 7.53. The van der Waals surface area contributed by atoms with Crippen molar-refractivity contribution in [1.29, 1.82) is 0 Å². The first kappa shape index (κ1) is 8.09. The zero-order valence-electron chi connectivity index (χ0n) is 7.53. The van der Waals surface area contributed by atoms with Gasteiger partial charge in [0, 0.05) is 0 Å². The van der Waals surface area contributed by atoms with Crippen molar-refractivity contribution < 1.29 is 9.53 Å². The van der Waals surface area contributed by atoms with E-state index in [0.29, 0.717) is 19.0 Å². The minimum atomic E-state index is 0.575. The molecule has 0 aromatic carbocycles. The molecule has 0 heterocycles. The molecule has 0 spiro atoms. The summed E-state index contributed by atoms with van der Waals surface area (Å²) in [6.45, 7) is 3.51. The quantitative estimate of drug-likeness (QED) is 0.601. The minimum absolute atomic E-state index is 0.575. The maximum Gasteiger partial charge on any atom is 0.293 e. The maximum absolute atomic E-state index is 10.0. The molecular weight excluding hydrogens is 152 g/mol. The second-order valence-corrected chi connectivity index (χ2v) is 4.39. The second kappa shape index (κ2) is 3.08. The molecular formula is C10H16O2. The van der Waals surface area contributed by atoms with Crippen LogP contribution in [-0.4, -0.2) is 13.1 Å². The van der Waals surface area contributed by atoms with E-state index in [4.69, 9.17) is 4.74 Å². The molecule has 0 N–H and O–H groups in total. The molecule has 0 aromatic heterocycles. The first-order valence-corrected chi connectivity index (χ1v) is 4.86. The molecule has 2 aliphatic carbocycles. The molecule has 2 fully saturated rings. The lowest BCUT2D eigenvalue weighted by molar-refractivity contribution is -0.130. The molecule has 2 heteroatoms. The molecule has 0 saturated heterocycles. The summed E-state index contributed by atoms with van der Waals surface area (Å²) in [6.07, 6.45) is 4.08. The van der Waals surface area contributed by atoms with Crippen LogP contribution in [0.25, 0.3) is 0 Å². The third kappa shape index (κ3) is 1.47. The van der Waals surface area contributed by atoms with Crippen LogP contribution < -0.4 is 0 Å². The Labute approximate surface area is 73.3 Å². The maximum atomic E-state index is 10.0. The van der Waals surface area contributed by atoms with Crippen LogP contribution in [0, 0.1) is 23.7 Å². The van der Waals surface area contributed by atoms with Crippen LogP contribution in [0.5, 0.6) is 0 Å². The first-order chi connectivity index (χ1) is 5.81. The molecule has 2 rings (SSSR count). The fraction of sp³-hybridized carbons (Fsp3) is 0.900. The van der Waals surface area contributed by atoms with E-state index in [1.54, 1.807) is 0 Å². The summed E-state index contributed by atoms with van der Waals surface area (Å²) >= 11 is 0. The lowest BCUT2D eigenvalue weighted by Gasteiger charge is -2.27. The molecule has 0 amide bonds. The van der Waals surface area contributed by atoms with Crippen LogP contribution in [0.1, 0.15) is 26.2 Å². The number of hydrogen-bond acceptors (Lipinski definition) is 2. The Morgan fingerprint density at radius 1 is 1.33 bits per heavy atom. The lowest BCUT2D eigenvalue weighted by atomic mass is 9.81. The summed E-state index contributed by atoms with van der Waals surface area (Å²) in [6, 6.07) is 0. The van der Waals surface area contributed by atoms with Crippen molar-refractivity contribution in [2.75, 3.05) is 6.61 Å². The number of rotatable bonds is 3. The minimum Gasteiger partial charge on any atom is -0.468 e. The Morgan fingerprint density at radius 3 is 2.83 bits per heavy atom. The van der Waals surface area contributed by atoms with Crippen LogP contribution in [0.2, 0.25) is 0 Å². The SMILES string of the molecule is CC1C[C@@H]2C[C@@H]2CC1COC=O. The van der Waals surface area contributed by atoms with Gasteiger partial charge in [-0.2, -0.15) is 0 Å². The molecule has 12 heavy (non-hydrogen) atoms. The van der Waals surface area contributed by atoms with Crippen molar-refractivity contribution in [3.05, 3.63) is 0 Å². The van der Waals surface area contributed by atoms with Crippen molar-refractivity contribution in [3.63, 3.8) is 0 Å². The normalized spacial score (nSPS) is 44.8. The van der Waals surface area contributed by atoms with Gasteiger partial charge in [0.15, 0.2) is 0 Å². The third-order valence-corrected chi connectivity index (χ3v) is 3.53. The van der Waals surface area contributed by atoms with Crippen LogP contribution in [0.3, 0.4) is 0 Å². The number of ether oxygens (including phenoxy) is 1. The van der Waals surface area contributed by atoms with Crippen molar-refractivity contribution >= 4 is 6.47 Å². The molecule has 2 nitrogen and oxygen atoms in total. The van der Waals surface area contributed by atoms with Crippen LogP contribution in [0.15, 0.2) is 0 Å². The molecule has 0 bridgehead atoms. The van der Waals surface area contributed by atoms with Gasteiger partial charge in [0.1, 0.15) is 0 Å². The Morgan fingerprint density at radius 2 is 2.08 bits per heavy atom. The van der Waals surface area contributed by atoms with Crippen LogP contribution in [0.4, 0.5) is 0 Å². The molecule has 0 aliphatic heterocycles. The van der Waals surface area contributed by atoms with E-state index in [-0.39, 0.29) is 0 Å². The molecule has 2 aliphatic rings. The molecule has 0 aromatic rings. The van der Waals surface area contributed by atoms with E-state index in [0.717, 1.165) is 17.8 Å². The van der Waals surface area contributed by atoms with Gasteiger partial charge in [0.2, 0.25) is 0 Å². The Kier molecular flexibility index (Phi) is 2.07. The van der Waals surface area contributed by atoms with E-state index in [1.807, 2.05) is 0 Å². The lowest BCUT2D eigenvalue weighted by Crippen LogP contribution is -2.22. The highest BCUT2D eigenvalue weighted by atomic mass is 16.5. The number of carbonyl (C=O) groups is 1. The van der Waals surface area contributed by atoms with Crippen molar-refractivity contribution in [1.82, 2.24) is 0 Å². The average Bonchev–Trinajstić information content (AvgIpc) is 2.78. The summed E-state index contributed by atoms with van der Waals surface area (Å²) < 4.78 is 4.83. The number of carbonyl (C=O) groups excluding carboxylic acids is 1. The van der Waals surface area contributed by atoms with E-state index in [1.165, 1.54) is 19.3 Å². The predicted octanol–water partition coefficient (Wildman–Crippen LogP) is 1.84. The summed E-state index contributed by atoms with van der Waals surface area (Å²) in [5.41, 5.74) is 0. The highest BCUT2D eigenvalue weighted by Crippen LogP contribution is 2.53. The second-order valence-electron chi connectivity index (χ2n) is 4.39. The standard InChI is InChI=1S/C10H16O2/c1-7-2-8-3-9(8)4-10(7)5-12-6-11/h6-10H,2-5H2,1H3/t7?,8-,9-,10?/m1/s1. The van der Waals surface area contributed by atoms with Crippen LogP contribution in [-0.2, 0) is 9.53 Å². The van der Waals surface area contributed by atoms with Gasteiger partial charge < -0.3 is 4.74 Å². The van der Waals surface area contributed by atoms with Gasteiger partial charge in [0.05, 0.1) is 6.61 Å². The summed E-state index contributed by atoms with van der Waals surface area (Å²) in [7, 11) is 0. The molecule has 68 valence electrons. The Balaban J connectivity index is 1.82. The van der Waals surface area contributed by atoms with Gasteiger partial charge in [-0.1, -0.05) is 6.92 Å².